The number of carbonyl (C=O) groups is 1. The Balaban J connectivity index is 2.85. The molecule has 1 unspecified atom stereocenters. The quantitative estimate of drug-likeness (QED) is 0.732. The van der Waals surface area contributed by atoms with Crippen LogP contribution in [-0.4, -0.2) is 11.7 Å². The van der Waals surface area contributed by atoms with Gasteiger partial charge in [0.25, 0.3) is 0 Å². The average Bonchev–Trinajstić information content (AvgIpc) is 2.23. The highest BCUT2D eigenvalue weighted by molar-refractivity contribution is 6.42. The number of hydrogen-bond acceptors (Lipinski definition) is 1. The lowest BCUT2D eigenvalue weighted by atomic mass is 9.93. The van der Waals surface area contributed by atoms with Crippen molar-refractivity contribution in [2.75, 3.05) is 5.88 Å². The molecule has 1 atom stereocenters. The molecule has 0 aliphatic carbocycles. The van der Waals surface area contributed by atoms with Gasteiger partial charge in [-0.1, -0.05) is 35.3 Å². The lowest BCUT2D eigenvalue weighted by Gasteiger charge is -2.13. The van der Waals surface area contributed by atoms with E-state index in [1.807, 2.05) is 12.1 Å². The molecule has 0 saturated heterocycles. The van der Waals surface area contributed by atoms with Crippen molar-refractivity contribution >= 4 is 40.6 Å². The molecule has 0 aliphatic rings. The Hall–Kier alpha value is -0.240. The van der Waals surface area contributed by atoms with Gasteiger partial charge in [0, 0.05) is 11.8 Å². The number of rotatable bonds is 5. The molecule has 0 N–H and O–H groups in total. The molecule has 0 aliphatic heterocycles. The van der Waals surface area contributed by atoms with Crippen molar-refractivity contribution in [1.29, 1.82) is 0 Å². The van der Waals surface area contributed by atoms with E-state index in [-0.39, 0.29) is 11.7 Å². The molecule has 16 heavy (non-hydrogen) atoms. The van der Waals surface area contributed by atoms with Crippen LogP contribution in [0.25, 0.3) is 0 Å². The number of hydrogen-bond donors (Lipinski definition) is 0. The van der Waals surface area contributed by atoms with E-state index in [9.17, 15) is 4.79 Å². The summed E-state index contributed by atoms with van der Waals surface area (Å²) < 4.78 is 0. The van der Waals surface area contributed by atoms with Gasteiger partial charge in [-0.05, 0) is 31.4 Å². The monoisotopic (exact) mass is 278 g/mol. The van der Waals surface area contributed by atoms with E-state index in [2.05, 4.69) is 0 Å². The molecule has 1 aromatic carbocycles. The minimum atomic E-state index is -0.0755. The van der Waals surface area contributed by atoms with Gasteiger partial charge in [-0.25, -0.2) is 0 Å². The Morgan fingerprint density at radius 2 is 2.06 bits per heavy atom. The van der Waals surface area contributed by atoms with Gasteiger partial charge in [0.05, 0.1) is 10.0 Å². The van der Waals surface area contributed by atoms with E-state index in [1.54, 1.807) is 13.0 Å². The van der Waals surface area contributed by atoms with Crippen LogP contribution in [0.15, 0.2) is 18.2 Å². The van der Waals surface area contributed by atoms with Crippen molar-refractivity contribution in [3.05, 3.63) is 33.8 Å². The van der Waals surface area contributed by atoms with Gasteiger partial charge in [0.15, 0.2) is 0 Å². The Kier molecular flexibility index (Phi) is 5.60. The van der Waals surface area contributed by atoms with Crippen molar-refractivity contribution in [2.45, 2.75) is 19.8 Å². The van der Waals surface area contributed by atoms with Crippen LogP contribution >= 0.6 is 34.8 Å². The molecule has 0 saturated carbocycles. The number of benzene rings is 1. The SMILES string of the molecule is CC(=O)C(CCCl)Cc1cccc(Cl)c1Cl. The number of Topliss-reactive ketones (excluding diaryl/α,β-unsaturated/α-hetero) is 1. The van der Waals surface area contributed by atoms with Crippen LogP contribution in [0.4, 0.5) is 0 Å². The highest BCUT2D eigenvalue weighted by Crippen LogP contribution is 2.28. The Bertz CT molecular complexity index is 377. The third-order valence-corrected chi connectivity index (χ3v) is 3.61. The average molecular weight is 280 g/mol. The zero-order valence-electron chi connectivity index (χ0n) is 8.97. The molecule has 1 aromatic rings. The van der Waals surface area contributed by atoms with E-state index in [0.717, 1.165) is 5.56 Å². The van der Waals surface area contributed by atoms with Gasteiger partial charge < -0.3 is 0 Å². The normalized spacial score (nSPS) is 12.5. The topological polar surface area (TPSA) is 17.1 Å². The van der Waals surface area contributed by atoms with Crippen LogP contribution < -0.4 is 0 Å². The van der Waals surface area contributed by atoms with Gasteiger partial charge >= 0.3 is 0 Å². The van der Waals surface area contributed by atoms with Gasteiger partial charge in [0.1, 0.15) is 5.78 Å². The van der Waals surface area contributed by atoms with E-state index in [4.69, 9.17) is 34.8 Å². The summed E-state index contributed by atoms with van der Waals surface area (Å²) in [6.45, 7) is 1.58. The zero-order chi connectivity index (χ0) is 12.1. The largest absolute Gasteiger partial charge is 0.300 e. The highest BCUT2D eigenvalue weighted by atomic mass is 35.5. The molecular formula is C12H13Cl3O. The fraction of sp³-hybridized carbons (Fsp3) is 0.417. The highest BCUT2D eigenvalue weighted by Gasteiger charge is 2.16. The Labute approximate surface area is 111 Å². The van der Waals surface area contributed by atoms with E-state index < -0.39 is 0 Å². The molecule has 0 fully saturated rings. The zero-order valence-corrected chi connectivity index (χ0v) is 11.2. The molecule has 0 bridgehead atoms. The van der Waals surface area contributed by atoms with Crippen LogP contribution in [0.5, 0.6) is 0 Å². The summed E-state index contributed by atoms with van der Waals surface area (Å²) in [5.41, 5.74) is 0.902. The molecule has 0 heterocycles. The van der Waals surface area contributed by atoms with Crippen molar-refractivity contribution < 1.29 is 4.79 Å². The Morgan fingerprint density at radius 3 is 2.62 bits per heavy atom. The van der Waals surface area contributed by atoms with Crippen LogP contribution in [0, 0.1) is 5.92 Å². The minimum absolute atomic E-state index is 0.0755. The van der Waals surface area contributed by atoms with Crippen LogP contribution in [0.2, 0.25) is 10.0 Å². The summed E-state index contributed by atoms with van der Waals surface area (Å²) in [6.07, 6.45) is 1.27. The predicted octanol–water partition coefficient (Wildman–Crippen LogP) is 4.37. The lowest BCUT2D eigenvalue weighted by molar-refractivity contribution is -0.120. The first-order chi connectivity index (χ1) is 7.56. The van der Waals surface area contributed by atoms with Gasteiger partial charge in [-0.3, -0.25) is 4.79 Å². The maximum Gasteiger partial charge on any atom is 0.133 e. The molecule has 1 rings (SSSR count). The molecule has 4 heteroatoms. The van der Waals surface area contributed by atoms with Crippen molar-refractivity contribution in [1.82, 2.24) is 0 Å². The Morgan fingerprint density at radius 1 is 1.38 bits per heavy atom. The number of carbonyl (C=O) groups excluding carboxylic acids is 1. The number of ketones is 1. The molecule has 0 aromatic heterocycles. The van der Waals surface area contributed by atoms with E-state index in [1.165, 1.54) is 0 Å². The van der Waals surface area contributed by atoms with Gasteiger partial charge in [0.2, 0.25) is 0 Å². The third kappa shape index (κ3) is 3.65. The standard InChI is InChI=1S/C12H13Cl3O/c1-8(16)9(5-6-13)7-10-3-2-4-11(14)12(10)15/h2-4,9H,5-7H2,1H3. The first-order valence-electron chi connectivity index (χ1n) is 5.05. The summed E-state index contributed by atoms with van der Waals surface area (Å²) in [4.78, 5) is 11.4. The molecule has 1 nitrogen and oxygen atoms in total. The minimum Gasteiger partial charge on any atom is -0.300 e. The summed E-state index contributed by atoms with van der Waals surface area (Å²) in [7, 11) is 0. The fourth-order valence-electron chi connectivity index (χ4n) is 1.55. The molecule has 88 valence electrons. The van der Waals surface area contributed by atoms with E-state index in [0.29, 0.717) is 28.8 Å². The summed E-state index contributed by atoms with van der Waals surface area (Å²) in [5.74, 6) is 0.535. The first kappa shape index (κ1) is 13.8. The molecule has 0 radical (unpaired) electrons. The molecule has 0 amide bonds. The first-order valence-corrected chi connectivity index (χ1v) is 6.34. The number of alkyl halides is 1. The van der Waals surface area contributed by atoms with Crippen molar-refractivity contribution in [2.24, 2.45) is 5.92 Å². The van der Waals surface area contributed by atoms with Crippen molar-refractivity contribution in [3.8, 4) is 0 Å². The predicted molar refractivity (Wildman–Crippen MR) is 69.7 cm³/mol. The summed E-state index contributed by atoms with van der Waals surface area (Å²) in [6, 6.07) is 5.46. The molecular weight excluding hydrogens is 266 g/mol. The maximum absolute atomic E-state index is 11.4. The van der Waals surface area contributed by atoms with Crippen LogP contribution in [0.3, 0.4) is 0 Å². The molecule has 0 spiro atoms. The van der Waals surface area contributed by atoms with Gasteiger partial charge in [-0.2, -0.15) is 0 Å². The van der Waals surface area contributed by atoms with Gasteiger partial charge in [-0.15, -0.1) is 11.6 Å². The number of halogens is 3. The van der Waals surface area contributed by atoms with Crippen LogP contribution in [-0.2, 0) is 11.2 Å². The fourth-order valence-corrected chi connectivity index (χ4v) is 2.21. The smallest absolute Gasteiger partial charge is 0.133 e. The lowest BCUT2D eigenvalue weighted by Crippen LogP contribution is -2.15. The van der Waals surface area contributed by atoms with E-state index >= 15 is 0 Å². The summed E-state index contributed by atoms with van der Waals surface area (Å²) in [5, 5.41) is 1.05. The maximum atomic E-state index is 11.4. The second-order valence-corrected chi connectivity index (χ2v) is 4.87. The van der Waals surface area contributed by atoms with Crippen LogP contribution in [0.1, 0.15) is 18.9 Å². The third-order valence-electron chi connectivity index (χ3n) is 2.53. The van der Waals surface area contributed by atoms with Crippen molar-refractivity contribution in [3.63, 3.8) is 0 Å². The summed E-state index contributed by atoms with van der Waals surface area (Å²) >= 11 is 17.6. The second-order valence-electron chi connectivity index (χ2n) is 3.70. The second kappa shape index (κ2) is 6.48.